The van der Waals surface area contributed by atoms with Crippen LogP contribution in [-0.4, -0.2) is 19.4 Å². The summed E-state index contributed by atoms with van der Waals surface area (Å²) in [6.07, 6.45) is 7.55. The summed E-state index contributed by atoms with van der Waals surface area (Å²) < 4.78 is 0. The lowest BCUT2D eigenvalue weighted by molar-refractivity contribution is 0.112. The van der Waals surface area contributed by atoms with Crippen LogP contribution in [0.4, 0.5) is 5.69 Å². The summed E-state index contributed by atoms with van der Waals surface area (Å²) in [5.74, 6) is 0.934. The van der Waals surface area contributed by atoms with Crippen LogP contribution in [0.3, 0.4) is 0 Å². The predicted octanol–water partition coefficient (Wildman–Crippen LogP) is 4.21. The van der Waals surface area contributed by atoms with E-state index < -0.39 is 0 Å². The molecule has 1 fully saturated rings. The number of nitrogens with zero attached hydrogens (tertiary/aromatic N) is 1. The summed E-state index contributed by atoms with van der Waals surface area (Å²) in [5, 5.41) is 0. The normalized spacial score (nSPS) is 23.1. The van der Waals surface area contributed by atoms with Gasteiger partial charge in [-0.2, -0.15) is 0 Å². The lowest BCUT2D eigenvalue weighted by Crippen LogP contribution is -2.35. The number of aryl methyl sites for hydroxylation is 1. The minimum atomic E-state index is 0.656. The average Bonchev–Trinajstić information content (AvgIpc) is 2.46. The van der Waals surface area contributed by atoms with Gasteiger partial charge in [0.15, 0.2) is 0 Å². The van der Waals surface area contributed by atoms with Crippen LogP contribution in [-0.2, 0) is 0 Å². The van der Waals surface area contributed by atoms with Gasteiger partial charge in [0, 0.05) is 24.3 Å². The molecule has 1 aliphatic rings. The number of hydrogen-bond acceptors (Lipinski definition) is 2. The molecule has 0 unspecified atom stereocenters. The van der Waals surface area contributed by atoms with E-state index in [-0.39, 0.29) is 0 Å². The second kappa shape index (κ2) is 6.23. The number of hydrogen-bond donors (Lipinski definition) is 0. The Morgan fingerprint density at radius 2 is 1.95 bits per heavy atom. The fraction of sp³-hybridized carbons (Fsp3) is 0.588. The monoisotopic (exact) mass is 259 g/mol. The van der Waals surface area contributed by atoms with Crippen LogP contribution in [0.15, 0.2) is 18.2 Å². The molecule has 1 aromatic carbocycles. The van der Waals surface area contributed by atoms with Crippen molar-refractivity contribution >= 4 is 12.0 Å². The number of benzene rings is 1. The number of anilines is 1. The molecule has 0 radical (unpaired) electrons. The van der Waals surface area contributed by atoms with E-state index in [1.54, 1.807) is 0 Å². The highest BCUT2D eigenvalue weighted by Crippen LogP contribution is 2.32. The Morgan fingerprint density at radius 3 is 2.47 bits per heavy atom. The van der Waals surface area contributed by atoms with Crippen LogP contribution >= 0.6 is 0 Å². The fourth-order valence-corrected chi connectivity index (χ4v) is 3.28. The molecule has 0 atom stereocenters. The molecule has 0 aliphatic heterocycles. The van der Waals surface area contributed by atoms with Gasteiger partial charge in [0.25, 0.3) is 0 Å². The summed E-state index contributed by atoms with van der Waals surface area (Å²) in [6, 6.07) is 6.65. The first-order valence-electron chi connectivity index (χ1n) is 7.44. The highest BCUT2D eigenvalue weighted by atomic mass is 16.1. The van der Waals surface area contributed by atoms with Gasteiger partial charge in [0.05, 0.1) is 0 Å². The van der Waals surface area contributed by atoms with Crippen molar-refractivity contribution in [3.8, 4) is 0 Å². The van der Waals surface area contributed by atoms with Crippen LogP contribution in [0.1, 0.15) is 54.9 Å². The minimum absolute atomic E-state index is 0.656. The lowest BCUT2D eigenvalue weighted by Gasteiger charge is -2.36. The summed E-state index contributed by atoms with van der Waals surface area (Å²) >= 11 is 0. The van der Waals surface area contributed by atoms with Crippen molar-refractivity contribution in [3.63, 3.8) is 0 Å². The standard InChI is InChI=1S/C17H25NO/c1-4-14-5-8-16(9-6-14)18(3)17-10-7-15(12-19)11-13(17)2/h7,10-12,14,16H,4-6,8-9H2,1-3H3. The summed E-state index contributed by atoms with van der Waals surface area (Å²) in [6.45, 7) is 4.40. The smallest absolute Gasteiger partial charge is 0.150 e. The zero-order valence-corrected chi connectivity index (χ0v) is 12.4. The first-order chi connectivity index (χ1) is 9.15. The highest BCUT2D eigenvalue weighted by Gasteiger charge is 2.23. The topological polar surface area (TPSA) is 20.3 Å². The van der Waals surface area contributed by atoms with E-state index >= 15 is 0 Å². The maximum atomic E-state index is 10.8. The Hall–Kier alpha value is -1.31. The number of rotatable bonds is 4. The summed E-state index contributed by atoms with van der Waals surface area (Å²) in [4.78, 5) is 13.2. The molecule has 1 aliphatic carbocycles. The van der Waals surface area contributed by atoms with Gasteiger partial charge in [-0.05, 0) is 62.3 Å². The van der Waals surface area contributed by atoms with E-state index in [0.717, 1.165) is 17.8 Å². The average molecular weight is 259 g/mol. The van der Waals surface area contributed by atoms with E-state index in [9.17, 15) is 4.79 Å². The Bertz CT molecular complexity index is 433. The molecule has 2 heteroatoms. The zero-order chi connectivity index (χ0) is 13.8. The molecule has 0 spiro atoms. The maximum Gasteiger partial charge on any atom is 0.150 e. The van der Waals surface area contributed by atoms with E-state index in [2.05, 4.69) is 31.9 Å². The van der Waals surface area contributed by atoms with Gasteiger partial charge >= 0.3 is 0 Å². The van der Waals surface area contributed by atoms with Crippen molar-refractivity contribution in [1.29, 1.82) is 0 Å². The highest BCUT2D eigenvalue weighted by molar-refractivity contribution is 5.77. The van der Waals surface area contributed by atoms with Crippen molar-refractivity contribution in [2.45, 2.75) is 52.0 Å². The molecule has 0 N–H and O–H groups in total. The molecule has 1 saturated carbocycles. The third kappa shape index (κ3) is 3.17. The van der Waals surface area contributed by atoms with Crippen molar-refractivity contribution in [2.75, 3.05) is 11.9 Å². The fourth-order valence-electron chi connectivity index (χ4n) is 3.28. The van der Waals surface area contributed by atoms with E-state index in [0.29, 0.717) is 6.04 Å². The molecule has 1 aromatic rings. The molecule has 0 saturated heterocycles. The largest absolute Gasteiger partial charge is 0.371 e. The predicted molar refractivity (Wildman–Crippen MR) is 81.0 cm³/mol. The van der Waals surface area contributed by atoms with Crippen molar-refractivity contribution in [1.82, 2.24) is 0 Å². The molecule has 0 heterocycles. The number of carbonyl (C=O) groups excluding carboxylic acids is 1. The van der Waals surface area contributed by atoms with Crippen molar-refractivity contribution in [3.05, 3.63) is 29.3 Å². The first kappa shape index (κ1) is 14.1. The van der Waals surface area contributed by atoms with E-state index in [1.165, 1.54) is 43.4 Å². The lowest BCUT2D eigenvalue weighted by atomic mass is 9.84. The van der Waals surface area contributed by atoms with Gasteiger partial charge in [-0.3, -0.25) is 4.79 Å². The number of aldehydes is 1. The third-order valence-electron chi connectivity index (χ3n) is 4.68. The van der Waals surface area contributed by atoms with Gasteiger partial charge < -0.3 is 4.90 Å². The first-order valence-corrected chi connectivity index (χ1v) is 7.44. The van der Waals surface area contributed by atoms with Crippen LogP contribution in [0.5, 0.6) is 0 Å². The van der Waals surface area contributed by atoms with Crippen LogP contribution in [0, 0.1) is 12.8 Å². The molecule has 0 bridgehead atoms. The van der Waals surface area contributed by atoms with Crippen molar-refractivity contribution < 1.29 is 4.79 Å². The SMILES string of the molecule is CCC1CCC(N(C)c2ccc(C=O)cc2C)CC1. The quantitative estimate of drug-likeness (QED) is 0.755. The Morgan fingerprint density at radius 1 is 1.26 bits per heavy atom. The minimum Gasteiger partial charge on any atom is -0.371 e. The molecule has 0 amide bonds. The molecule has 2 rings (SSSR count). The molecule has 2 nitrogen and oxygen atoms in total. The van der Waals surface area contributed by atoms with Gasteiger partial charge in [0.2, 0.25) is 0 Å². The van der Waals surface area contributed by atoms with Gasteiger partial charge in [0.1, 0.15) is 6.29 Å². The molecule has 104 valence electrons. The Labute approximate surface area is 116 Å². The second-order valence-corrected chi connectivity index (χ2v) is 5.86. The zero-order valence-electron chi connectivity index (χ0n) is 12.4. The van der Waals surface area contributed by atoms with Crippen molar-refractivity contribution in [2.24, 2.45) is 5.92 Å². The van der Waals surface area contributed by atoms with Gasteiger partial charge in [-0.15, -0.1) is 0 Å². The molecule has 0 aromatic heterocycles. The molecular weight excluding hydrogens is 234 g/mol. The van der Waals surface area contributed by atoms with Crippen LogP contribution < -0.4 is 4.90 Å². The maximum absolute atomic E-state index is 10.8. The Balaban J connectivity index is 2.07. The summed E-state index contributed by atoms with van der Waals surface area (Å²) in [7, 11) is 2.19. The van der Waals surface area contributed by atoms with Crippen LogP contribution in [0.25, 0.3) is 0 Å². The number of carbonyl (C=O) groups is 1. The summed E-state index contributed by atoms with van der Waals surface area (Å²) in [5.41, 5.74) is 3.24. The second-order valence-electron chi connectivity index (χ2n) is 5.86. The third-order valence-corrected chi connectivity index (χ3v) is 4.68. The van der Waals surface area contributed by atoms with E-state index in [1.807, 2.05) is 12.1 Å². The molecular formula is C17H25NO. The van der Waals surface area contributed by atoms with Gasteiger partial charge in [-0.25, -0.2) is 0 Å². The van der Waals surface area contributed by atoms with Gasteiger partial charge in [-0.1, -0.05) is 13.3 Å². The Kier molecular flexibility index (Phi) is 4.62. The van der Waals surface area contributed by atoms with E-state index in [4.69, 9.17) is 0 Å². The van der Waals surface area contributed by atoms with Crippen LogP contribution in [0.2, 0.25) is 0 Å². The molecule has 19 heavy (non-hydrogen) atoms.